The Morgan fingerprint density at radius 1 is 0.469 bits per heavy atom. The molecule has 0 heterocycles. The number of hydrogen-bond acceptors (Lipinski definition) is 4. The van der Waals surface area contributed by atoms with E-state index in [2.05, 4.69) is 0 Å². The van der Waals surface area contributed by atoms with E-state index in [-0.39, 0.29) is 16.2 Å². The first kappa shape index (κ1) is 19.3. The van der Waals surface area contributed by atoms with Crippen LogP contribution in [0.5, 0.6) is 0 Å². The van der Waals surface area contributed by atoms with Crippen molar-refractivity contribution in [2.24, 2.45) is 0 Å². The van der Waals surface area contributed by atoms with Gasteiger partial charge < -0.3 is 20.4 Å². The fourth-order valence-electron chi connectivity index (χ4n) is 4.71. The highest BCUT2D eigenvalue weighted by Gasteiger charge is 2.33. The van der Waals surface area contributed by atoms with E-state index in [9.17, 15) is 39.6 Å². The van der Waals surface area contributed by atoms with Crippen molar-refractivity contribution in [3.05, 3.63) is 70.8 Å². The molecule has 156 valence electrons. The highest BCUT2D eigenvalue weighted by Crippen LogP contribution is 2.45. The monoisotopic (exact) mass is 428 g/mol. The second kappa shape index (κ2) is 6.39. The molecule has 5 aromatic rings. The first-order valence-corrected chi connectivity index (χ1v) is 9.36. The molecular weight excluding hydrogens is 416 g/mol. The lowest BCUT2D eigenvalue weighted by molar-refractivity contribution is 0.0635. The zero-order chi connectivity index (χ0) is 22.9. The average Bonchev–Trinajstić information content (AvgIpc) is 2.75. The minimum Gasteiger partial charge on any atom is -0.478 e. The molecule has 0 bridgehead atoms. The standard InChI is InChI=1S/C24H12O8/c25-21(26)13-8-7-11-10-5-1-3-9-4-2-6-12(14(9)10)16-15(11)17(13)19(23(29)30)20(24(31)32)18(16)22(27)28/h1-8H,(H,25,26)(H,27,28)(H,29,30)(H,31,32). The lowest BCUT2D eigenvalue weighted by Gasteiger charge is -2.20. The number of carboxylic acid groups (broad SMARTS) is 4. The van der Waals surface area contributed by atoms with Crippen LogP contribution in [0.3, 0.4) is 0 Å². The zero-order valence-corrected chi connectivity index (χ0v) is 16.0. The van der Waals surface area contributed by atoms with E-state index in [1.807, 2.05) is 12.1 Å². The Balaban J connectivity index is 2.33. The molecule has 0 aromatic heterocycles. The molecule has 0 radical (unpaired) electrons. The molecule has 0 spiro atoms. The molecule has 4 N–H and O–H groups in total. The van der Waals surface area contributed by atoms with Gasteiger partial charge in [0.05, 0.1) is 22.3 Å². The van der Waals surface area contributed by atoms with Gasteiger partial charge in [-0.05, 0) is 33.0 Å². The number of hydrogen-bond donors (Lipinski definition) is 4. The summed E-state index contributed by atoms with van der Waals surface area (Å²) in [6, 6.07) is 13.2. The summed E-state index contributed by atoms with van der Waals surface area (Å²) in [7, 11) is 0. The van der Waals surface area contributed by atoms with Gasteiger partial charge in [-0.2, -0.15) is 0 Å². The van der Waals surface area contributed by atoms with Crippen molar-refractivity contribution in [1.82, 2.24) is 0 Å². The van der Waals surface area contributed by atoms with Crippen LogP contribution in [0.25, 0.3) is 43.1 Å². The Bertz CT molecular complexity index is 1670. The zero-order valence-electron chi connectivity index (χ0n) is 16.0. The first-order chi connectivity index (χ1) is 15.2. The van der Waals surface area contributed by atoms with Gasteiger partial charge in [0.1, 0.15) is 0 Å². The van der Waals surface area contributed by atoms with Gasteiger partial charge in [-0.1, -0.05) is 42.5 Å². The van der Waals surface area contributed by atoms with Crippen molar-refractivity contribution in [2.45, 2.75) is 0 Å². The maximum atomic E-state index is 12.3. The summed E-state index contributed by atoms with van der Waals surface area (Å²) >= 11 is 0. The number of aromatic carboxylic acids is 4. The summed E-state index contributed by atoms with van der Waals surface area (Å²) in [4.78, 5) is 48.7. The molecule has 5 aromatic carbocycles. The predicted molar refractivity (Wildman–Crippen MR) is 115 cm³/mol. The molecule has 8 nitrogen and oxygen atoms in total. The van der Waals surface area contributed by atoms with Crippen molar-refractivity contribution in [1.29, 1.82) is 0 Å². The summed E-state index contributed by atoms with van der Waals surface area (Å²) in [5, 5.41) is 42.3. The maximum absolute atomic E-state index is 12.3. The Morgan fingerprint density at radius 3 is 1.56 bits per heavy atom. The van der Waals surface area contributed by atoms with E-state index >= 15 is 0 Å². The fourth-order valence-corrected chi connectivity index (χ4v) is 4.71. The molecule has 0 saturated heterocycles. The Hall–Kier alpha value is -4.72. The smallest absolute Gasteiger partial charge is 0.337 e. The van der Waals surface area contributed by atoms with Gasteiger partial charge in [-0.15, -0.1) is 0 Å². The molecule has 0 aliphatic carbocycles. The molecule has 5 rings (SSSR count). The van der Waals surface area contributed by atoms with E-state index < -0.39 is 46.1 Å². The summed E-state index contributed by atoms with van der Waals surface area (Å²) in [6.07, 6.45) is 0. The van der Waals surface area contributed by atoms with Crippen molar-refractivity contribution < 1.29 is 39.6 Å². The molecule has 0 unspecified atom stereocenters. The number of carbonyl (C=O) groups is 4. The van der Waals surface area contributed by atoms with E-state index in [0.29, 0.717) is 21.5 Å². The number of benzene rings is 5. The highest BCUT2D eigenvalue weighted by molar-refractivity contribution is 6.40. The lowest BCUT2D eigenvalue weighted by Crippen LogP contribution is -2.18. The number of carboxylic acids is 4. The number of fused-ring (bicyclic) bond motifs is 2. The molecule has 0 aliphatic rings. The van der Waals surface area contributed by atoms with Crippen molar-refractivity contribution in [3.63, 3.8) is 0 Å². The molecule has 32 heavy (non-hydrogen) atoms. The van der Waals surface area contributed by atoms with Crippen LogP contribution in [0.4, 0.5) is 0 Å². The topological polar surface area (TPSA) is 149 Å². The van der Waals surface area contributed by atoms with Gasteiger partial charge in [0, 0.05) is 16.2 Å². The van der Waals surface area contributed by atoms with E-state index in [4.69, 9.17) is 0 Å². The minimum atomic E-state index is -1.77. The normalized spacial score (nSPS) is 11.5. The summed E-state index contributed by atoms with van der Waals surface area (Å²) in [5.74, 6) is -6.58. The van der Waals surface area contributed by atoms with Crippen molar-refractivity contribution >= 4 is 67.0 Å². The Labute approximate surface area is 177 Å². The average molecular weight is 428 g/mol. The Morgan fingerprint density at radius 2 is 1.00 bits per heavy atom. The molecule has 0 aliphatic heterocycles. The van der Waals surface area contributed by atoms with Crippen LogP contribution in [0.15, 0.2) is 48.5 Å². The van der Waals surface area contributed by atoms with Gasteiger partial charge in [-0.25, -0.2) is 19.2 Å². The van der Waals surface area contributed by atoms with Crippen LogP contribution in [0.2, 0.25) is 0 Å². The molecule has 8 heteroatoms. The maximum Gasteiger partial charge on any atom is 0.337 e. The van der Waals surface area contributed by atoms with Crippen LogP contribution in [-0.4, -0.2) is 44.3 Å². The second-order valence-corrected chi connectivity index (χ2v) is 7.34. The van der Waals surface area contributed by atoms with Crippen LogP contribution in [0.1, 0.15) is 41.4 Å². The molecule has 0 fully saturated rings. The Kier molecular flexibility index (Phi) is 3.84. The summed E-state index contributed by atoms with van der Waals surface area (Å²) in [5.41, 5.74) is -2.93. The quantitative estimate of drug-likeness (QED) is 0.241. The highest BCUT2D eigenvalue weighted by atomic mass is 16.4. The van der Waals surface area contributed by atoms with Gasteiger partial charge in [0.2, 0.25) is 0 Å². The van der Waals surface area contributed by atoms with Crippen LogP contribution in [-0.2, 0) is 0 Å². The SMILES string of the molecule is O=C(O)c1c(C(=O)O)c2c(C(=O)O)ccc3c4cccc5cccc(c(c1C(=O)O)c23)c54. The third kappa shape index (κ3) is 2.31. The molecule has 0 atom stereocenters. The fraction of sp³-hybridized carbons (Fsp3) is 0. The van der Waals surface area contributed by atoms with Crippen molar-refractivity contribution in [2.75, 3.05) is 0 Å². The van der Waals surface area contributed by atoms with E-state index in [1.54, 1.807) is 24.3 Å². The van der Waals surface area contributed by atoms with Crippen LogP contribution < -0.4 is 0 Å². The molecular formula is C24H12O8. The largest absolute Gasteiger partial charge is 0.478 e. The lowest BCUT2D eigenvalue weighted by atomic mass is 9.81. The van der Waals surface area contributed by atoms with Gasteiger partial charge in [-0.3, -0.25) is 0 Å². The van der Waals surface area contributed by atoms with Gasteiger partial charge in [0.15, 0.2) is 0 Å². The van der Waals surface area contributed by atoms with E-state index in [0.717, 1.165) is 5.39 Å². The second-order valence-electron chi connectivity index (χ2n) is 7.34. The predicted octanol–water partition coefficient (Wildman–Crippen LogP) is 4.53. The summed E-state index contributed by atoms with van der Waals surface area (Å²) < 4.78 is 0. The minimum absolute atomic E-state index is 0.00250. The first-order valence-electron chi connectivity index (χ1n) is 9.36. The van der Waals surface area contributed by atoms with Crippen molar-refractivity contribution in [3.8, 4) is 0 Å². The number of rotatable bonds is 4. The molecule has 0 amide bonds. The third-order valence-electron chi connectivity index (χ3n) is 5.79. The summed E-state index contributed by atoms with van der Waals surface area (Å²) in [6.45, 7) is 0. The van der Waals surface area contributed by atoms with Gasteiger partial charge in [0.25, 0.3) is 0 Å². The van der Waals surface area contributed by atoms with Crippen LogP contribution >= 0.6 is 0 Å². The molecule has 0 saturated carbocycles. The van der Waals surface area contributed by atoms with Gasteiger partial charge >= 0.3 is 23.9 Å². The van der Waals surface area contributed by atoms with Crippen LogP contribution in [0, 0.1) is 0 Å². The third-order valence-corrected chi connectivity index (χ3v) is 5.79. The van der Waals surface area contributed by atoms with E-state index in [1.165, 1.54) is 12.1 Å².